The second-order valence-corrected chi connectivity index (χ2v) is 11.1. The number of hydrogen-bond donors (Lipinski definition) is 2. The average molecular weight is 527 g/mol. The van der Waals surface area contributed by atoms with Crippen LogP contribution in [0.3, 0.4) is 0 Å². The van der Waals surface area contributed by atoms with Crippen molar-refractivity contribution in [2.45, 2.75) is 44.7 Å². The first-order valence-electron chi connectivity index (χ1n) is 13.3. The summed E-state index contributed by atoms with van der Waals surface area (Å²) >= 11 is 0. The number of carbonyl (C=O) groups excluding carboxylic acids is 1. The van der Waals surface area contributed by atoms with Crippen LogP contribution in [-0.4, -0.2) is 34.7 Å². The van der Waals surface area contributed by atoms with Crippen LogP contribution in [0.1, 0.15) is 54.6 Å². The molecule has 3 aromatic carbocycles. The van der Waals surface area contributed by atoms with Gasteiger partial charge < -0.3 is 19.7 Å². The van der Waals surface area contributed by atoms with E-state index >= 15 is 0 Å². The highest BCUT2D eigenvalue weighted by Gasteiger charge is 2.55. The number of carbonyl (C=O) groups is 2. The van der Waals surface area contributed by atoms with Crippen molar-refractivity contribution in [2.75, 3.05) is 7.11 Å². The predicted molar refractivity (Wildman–Crippen MR) is 147 cm³/mol. The number of methoxy groups -OCH3 is 1. The zero-order chi connectivity index (χ0) is 27.3. The molecule has 0 unspecified atom stereocenters. The Balaban J connectivity index is 1.22. The molecule has 39 heavy (non-hydrogen) atoms. The minimum atomic E-state index is -0.730. The average Bonchev–Trinajstić information content (AvgIpc) is 3.35. The van der Waals surface area contributed by atoms with E-state index in [0.717, 1.165) is 35.3 Å². The second kappa shape index (κ2) is 9.56. The van der Waals surface area contributed by atoms with E-state index in [1.54, 1.807) is 19.2 Å². The van der Waals surface area contributed by atoms with E-state index in [-0.39, 0.29) is 35.1 Å². The molecule has 2 N–H and O–H groups in total. The summed E-state index contributed by atoms with van der Waals surface area (Å²) in [6.07, 6.45) is 4.80. The van der Waals surface area contributed by atoms with Gasteiger partial charge in [-0.3, -0.25) is 9.59 Å². The van der Waals surface area contributed by atoms with Gasteiger partial charge in [0.25, 0.3) is 5.91 Å². The van der Waals surface area contributed by atoms with Gasteiger partial charge in [-0.1, -0.05) is 36.4 Å². The molecular weight excluding hydrogens is 495 g/mol. The first-order chi connectivity index (χ1) is 18.8. The van der Waals surface area contributed by atoms with Crippen LogP contribution in [0.2, 0.25) is 0 Å². The van der Waals surface area contributed by atoms with Crippen LogP contribution in [0, 0.1) is 17.2 Å². The zero-order valence-electron chi connectivity index (χ0n) is 22.0. The van der Waals surface area contributed by atoms with Crippen molar-refractivity contribution in [3.05, 3.63) is 89.9 Å². The van der Waals surface area contributed by atoms with Gasteiger partial charge in [-0.2, -0.15) is 0 Å². The lowest BCUT2D eigenvalue weighted by Crippen LogP contribution is -2.57. The normalized spacial score (nSPS) is 22.6. The maximum Gasteiger partial charge on any atom is 0.306 e. The van der Waals surface area contributed by atoms with Crippen LogP contribution in [0.5, 0.6) is 5.75 Å². The molecular formula is C32H31FN2O4. The van der Waals surface area contributed by atoms with Crippen molar-refractivity contribution in [2.24, 2.45) is 11.3 Å². The van der Waals surface area contributed by atoms with Crippen molar-refractivity contribution in [1.82, 2.24) is 9.88 Å². The third-order valence-corrected chi connectivity index (χ3v) is 8.68. The molecule has 6 nitrogen and oxygen atoms in total. The number of nitrogens with one attached hydrogen (secondary N) is 1. The highest BCUT2D eigenvalue weighted by Crippen LogP contribution is 2.58. The monoisotopic (exact) mass is 526 g/mol. The minimum absolute atomic E-state index is 0.0114. The van der Waals surface area contributed by atoms with Gasteiger partial charge in [-0.15, -0.1) is 0 Å². The molecule has 1 amide bonds. The number of nitrogens with zero attached hydrogens (tertiary/aromatic N) is 1. The summed E-state index contributed by atoms with van der Waals surface area (Å²) in [5.41, 5.74) is 4.22. The Bertz CT molecular complexity index is 1560. The predicted octanol–water partition coefficient (Wildman–Crippen LogP) is 6.44. The number of rotatable bonds is 7. The SMILES string of the molecule is COc1cccc(-c2ccc([C@H](C)n3ccc4c(F)ccc(C(=O)NC5CC6(C5)CC(C(=O)O)C6)c43)cc2)c1. The maximum atomic E-state index is 14.8. The summed E-state index contributed by atoms with van der Waals surface area (Å²) in [5, 5.41) is 12.7. The number of fused-ring (bicyclic) bond motifs is 1. The lowest BCUT2D eigenvalue weighted by molar-refractivity contribution is -0.155. The molecule has 0 aliphatic heterocycles. The number of aliphatic carboxylic acids is 1. The van der Waals surface area contributed by atoms with Crippen LogP contribution in [0.25, 0.3) is 22.0 Å². The van der Waals surface area contributed by atoms with Crippen molar-refractivity contribution in [3.8, 4) is 16.9 Å². The molecule has 0 saturated heterocycles. The molecule has 2 aliphatic carbocycles. The van der Waals surface area contributed by atoms with E-state index in [0.29, 0.717) is 29.3 Å². The molecule has 6 rings (SSSR count). The van der Waals surface area contributed by atoms with Crippen LogP contribution < -0.4 is 10.1 Å². The van der Waals surface area contributed by atoms with Gasteiger partial charge in [0.15, 0.2) is 0 Å². The number of ether oxygens (including phenoxy) is 1. The van der Waals surface area contributed by atoms with Gasteiger partial charge >= 0.3 is 5.97 Å². The summed E-state index contributed by atoms with van der Waals surface area (Å²) in [7, 11) is 1.65. The van der Waals surface area contributed by atoms with Gasteiger partial charge in [0.05, 0.1) is 30.1 Å². The summed E-state index contributed by atoms with van der Waals surface area (Å²) in [4.78, 5) is 24.5. The molecule has 1 aromatic heterocycles. The molecule has 2 saturated carbocycles. The number of halogens is 1. The highest BCUT2D eigenvalue weighted by molar-refractivity contribution is 6.06. The van der Waals surface area contributed by atoms with Gasteiger partial charge in [-0.25, -0.2) is 4.39 Å². The molecule has 200 valence electrons. The zero-order valence-corrected chi connectivity index (χ0v) is 22.0. The fourth-order valence-electron chi connectivity index (χ4n) is 6.52. The van der Waals surface area contributed by atoms with E-state index < -0.39 is 5.97 Å². The van der Waals surface area contributed by atoms with Gasteiger partial charge in [0, 0.05) is 17.6 Å². The fourth-order valence-corrected chi connectivity index (χ4v) is 6.52. The summed E-state index contributed by atoms with van der Waals surface area (Å²) in [6.45, 7) is 2.04. The van der Waals surface area contributed by atoms with E-state index in [2.05, 4.69) is 29.6 Å². The van der Waals surface area contributed by atoms with E-state index in [4.69, 9.17) is 4.74 Å². The van der Waals surface area contributed by atoms with Crippen LogP contribution >= 0.6 is 0 Å². The second-order valence-electron chi connectivity index (χ2n) is 11.1. The molecule has 1 atom stereocenters. The molecule has 2 fully saturated rings. The number of benzene rings is 3. The highest BCUT2D eigenvalue weighted by atomic mass is 19.1. The maximum absolute atomic E-state index is 14.8. The molecule has 0 radical (unpaired) electrons. The largest absolute Gasteiger partial charge is 0.497 e. The summed E-state index contributed by atoms with van der Waals surface area (Å²) < 4.78 is 22.1. The first kappa shape index (κ1) is 25.2. The quantitative estimate of drug-likeness (QED) is 0.291. The Morgan fingerprint density at radius 3 is 2.46 bits per heavy atom. The first-order valence-corrected chi connectivity index (χ1v) is 13.3. The Kier molecular flexibility index (Phi) is 6.17. The van der Waals surface area contributed by atoms with Crippen LogP contribution in [-0.2, 0) is 4.79 Å². The van der Waals surface area contributed by atoms with Crippen molar-refractivity contribution in [3.63, 3.8) is 0 Å². The molecule has 2 aliphatic rings. The number of aromatic nitrogens is 1. The van der Waals surface area contributed by atoms with E-state index in [1.165, 1.54) is 6.07 Å². The standard InChI is InChI=1S/C32H31FN2O4/c1-19(20-6-8-21(9-7-20)22-4-3-5-25(14-22)39-2)35-13-12-26-28(33)11-10-27(29(26)35)30(36)34-24-17-32(18-24)15-23(16-32)31(37)38/h3-14,19,23-24H,15-18H2,1-2H3,(H,34,36)(H,37,38)/t19-,23?,24?,32?/m0/s1. The lowest BCUT2D eigenvalue weighted by Gasteiger charge is -2.56. The Morgan fingerprint density at radius 1 is 1.03 bits per heavy atom. The molecule has 4 aromatic rings. The Hall–Kier alpha value is -4.13. The van der Waals surface area contributed by atoms with Gasteiger partial charge in [-0.05, 0) is 85.0 Å². The molecule has 1 spiro atoms. The molecule has 7 heteroatoms. The Morgan fingerprint density at radius 2 is 1.77 bits per heavy atom. The fraction of sp³-hybridized carbons (Fsp3) is 0.312. The number of hydrogen-bond acceptors (Lipinski definition) is 3. The molecule has 0 bridgehead atoms. The summed E-state index contributed by atoms with van der Waals surface area (Å²) in [6, 6.07) is 20.6. The lowest BCUT2D eigenvalue weighted by atomic mass is 9.50. The van der Waals surface area contributed by atoms with E-state index in [9.17, 15) is 19.1 Å². The van der Waals surface area contributed by atoms with Crippen molar-refractivity contribution in [1.29, 1.82) is 0 Å². The number of amides is 1. The van der Waals surface area contributed by atoms with E-state index in [1.807, 2.05) is 42.0 Å². The van der Waals surface area contributed by atoms with Crippen LogP contribution in [0.15, 0.2) is 72.9 Å². The van der Waals surface area contributed by atoms with Gasteiger partial charge in [0.1, 0.15) is 11.6 Å². The van der Waals surface area contributed by atoms with Gasteiger partial charge in [0.2, 0.25) is 0 Å². The minimum Gasteiger partial charge on any atom is -0.497 e. The smallest absolute Gasteiger partial charge is 0.306 e. The Labute approximate surface area is 226 Å². The topological polar surface area (TPSA) is 80.6 Å². The third kappa shape index (κ3) is 4.46. The third-order valence-electron chi connectivity index (χ3n) is 8.68. The van der Waals surface area contributed by atoms with Crippen LogP contribution in [0.4, 0.5) is 4.39 Å². The van der Waals surface area contributed by atoms with Crippen molar-refractivity contribution >= 4 is 22.8 Å². The number of carboxylic acids is 1. The van der Waals surface area contributed by atoms with Crippen molar-refractivity contribution < 1.29 is 23.8 Å². The number of carboxylic acid groups (broad SMARTS) is 1. The summed E-state index contributed by atoms with van der Waals surface area (Å²) in [5.74, 6) is -0.780. The molecule has 1 heterocycles.